The number of benzene rings is 3. The lowest BCUT2D eigenvalue weighted by molar-refractivity contribution is -0.131. The molecule has 4 amide bonds. The van der Waals surface area contributed by atoms with Gasteiger partial charge in [0.05, 0.1) is 54.1 Å². The summed E-state index contributed by atoms with van der Waals surface area (Å²) in [4.78, 5) is 64.9. The third-order valence-corrected chi connectivity index (χ3v) is 15.1. The van der Waals surface area contributed by atoms with Crippen LogP contribution in [0.1, 0.15) is 36.8 Å². The lowest BCUT2D eigenvalue weighted by atomic mass is 9.51. The number of rotatable bonds is 6. The number of phenolic OH excluding ortho intramolecular Hbond substituents is 1. The molecule has 2 aromatic heterocycles. The highest BCUT2D eigenvalue weighted by molar-refractivity contribution is 7.22. The van der Waals surface area contributed by atoms with Gasteiger partial charge in [-0.05, 0) is 104 Å². The van der Waals surface area contributed by atoms with E-state index in [1.807, 2.05) is 55.5 Å². The molecule has 5 heterocycles. The lowest BCUT2D eigenvalue weighted by Crippen LogP contribution is -2.49. The number of imide groups is 2. The number of carbonyl (C=O) groups is 4. The van der Waals surface area contributed by atoms with E-state index in [9.17, 15) is 14.7 Å². The molecule has 6 atom stereocenters. The number of aryl methyl sites for hydroxylation is 2. The molecule has 5 aliphatic rings. The van der Waals surface area contributed by atoms with Crippen molar-refractivity contribution in [3.63, 3.8) is 0 Å². The number of anilines is 3. The van der Waals surface area contributed by atoms with E-state index in [2.05, 4.69) is 4.90 Å². The standard InChI is InChI=1S/C45H42ClN5O7S/c1-23-30-19-24(46)5-14-36(30)59-40(23)34-22-37(48(3)47-34)51-42(54)33-21-31-28(39(45(33,2)44(51)56)32-20-27(57-4)10-13-35(32)52)11-12-29-38(31)43(55)50(41(29)53)26-8-6-25(7-9-26)49-15-17-58-18-16-49/h5-11,13-14,19-20,22,29,31,33,38-39,52H,12,15-18,21H2,1-4H3/t29-,31+,33-,38-,39+,45+/m0/s1. The summed E-state index contributed by atoms with van der Waals surface area (Å²) in [6.45, 7) is 6.59. The van der Waals surface area contributed by atoms with E-state index < -0.39 is 46.8 Å². The number of phenols is 1. The Hall–Kier alpha value is -5.50. The lowest BCUT2D eigenvalue weighted by Gasteiger charge is -2.49. The number of morpholine rings is 1. The van der Waals surface area contributed by atoms with Gasteiger partial charge in [0.15, 0.2) is 0 Å². The minimum Gasteiger partial charge on any atom is -0.508 e. The highest BCUT2D eigenvalue weighted by Gasteiger charge is 2.68. The molecule has 0 radical (unpaired) electrons. The second-order valence-electron chi connectivity index (χ2n) is 16.4. The van der Waals surface area contributed by atoms with Crippen LogP contribution in [0.25, 0.3) is 20.7 Å². The molecule has 3 aliphatic heterocycles. The van der Waals surface area contributed by atoms with Crippen molar-refractivity contribution in [2.45, 2.75) is 32.6 Å². The van der Waals surface area contributed by atoms with Crippen molar-refractivity contribution in [3.05, 3.63) is 94.5 Å². The largest absolute Gasteiger partial charge is 0.508 e. The summed E-state index contributed by atoms with van der Waals surface area (Å²) in [7, 11) is 3.24. The Morgan fingerprint density at radius 3 is 2.41 bits per heavy atom. The van der Waals surface area contributed by atoms with E-state index in [1.165, 1.54) is 23.0 Å². The molecule has 10 rings (SSSR count). The van der Waals surface area contributed by atoms with Gasteiger partial charge in [-0.1, -0.05) is 23.3 Å². The monoisotopic (exact) mass is 831 g/mol. The zero-order chi connectivity index (χ0) is 41.1. The van der Waals surface area contributed by atoms with Crippen molar-refractivity contribution >= 4 is 73.8 Å². The third-order valence-electron chi connectivity index (χ3n) is 13.5. The molecule has 1 N–H and O–H groups in total. The van der Waals surface area contributed by atoms with Crippen molar-refractivity contribution in [3.8, 4) is 22.1 Å². The van der Waals surface area contributed by atoms with E-state index in [0.717, 1.165) is 44.9 Å². The first kappa shape index (κ1) is 37.7. The van der Waals surface area contributed by atoms with E-state index in [0.29, 0.717) is 46.7 Å². The number of thiophene rings is 1. The molecule has 3 saturated heterocycles. The molecular formula is C45H42ClN5O7S. The van der Waals surface area contributed by atoms with Gasteiger partial charge in [0.1, 0.15) is 23.0 Å². The molecule has 14 heteroatoms. The SMILES string of the molecule is COc1ccc(O)c([C@H]2C3=CC[C@@H]4C(=O)N(c5ccc(N6CCOCC6)cc5)C(=O)[C@@H]4[C@@H]3C[C@H]3C(=O)N(c4cc(-c5sc6ccc(Cl)cc6c5C)nn4C)C(=O)[C@@]23C)c1. The van der Waals surface area contributed by atoms with Gasteiger partial charge < -0.3 is 19.5 Å². The van der Waals surface area contributed by atoms with Gasteiger partial charge in [0, 0.05) is 53.1 Å². The summed E-state index contributed by atoms with van der Waals surface area (Å²) in [6.07, 6.45) is 2.43. The van der Waals surface area contributed by atoms with Crippen LogP contribution in [0.15, 0.2) is 78.4 Å². The molecule has 3 aromatic carbocycles. The number of carbonyl (C=O) groups excluding carboxylic acids is 4. The fourth-order valence-electron chi connectivity index (χ4n) is 10.6. The van der Waals surface area contributed by atoms with Crippen LogP contribution in [-0.2, 0) is 31.0 Å². The van der Waals surface area contributed by atoms with Gasteiger partial charge in [0.25, 0.3) is 0 Å². The maximum absolute atomic E-state index is 15.2. The average Bonchev–Trinajstić information content (AvgIpc) is 3.91. The van der Waals surface area contributed by atoms with Gasteiger partial charge in [0.2, 0.25) is 23.6 Å². The second-order valence-corrected chi connectivity index (χ2v) is 17.9. The zero-order valence-electron chi connectivity index (χ0n) is 33.0. The summed E-state index contributed by atoms with van der Waals surface area (Å²) in [6, 6.07) is 19.9. The number of allylic oxidation sites excluding steroid dienone is 2. The Balaban J connectivity index is 1.04. The van der Waals surface area contributed by atoms with E-state index in [1.54, 1.807) is 48.2 Å². The second kappa shape index (κ2) is 13.8. The summed E-state index contributed by atoms with van der Waals surface area (Å²) < 4.78 is 13.7. The maximum Gasteiger partial charge on any atom is 0.242 e. The van der Waals surface area contributed by atoms with E-state index in [4.69, 9.17) is 26.2 Å². The summed E-state index contributed by atoms with van der Waals surface area (Å²) in [5.41, 5.74) is 2.92. The molecule has 12 nitrogen and oxygen atoms in total. The van der Waals surface area contributed by atoms with Crippen molar-refractivity contribution in [1.29, 1.82) is 0 Å². The van der Waals surface area contributed by atoms with Crippen LogP contribution in [0.4, 0.5) is 17.2 Å². The van der Waals surface area contributed by atoms with Crippen molar-refractivity contribution in [2.24, 2.45) is 36.1 Å². The first-order chi connectivity index (χ1) is 28.4. The highest BCUT2D eigenvalue weighted by Crippen LogP contribution is 2.65. The number of hydrogen-bond acceptors (Lipinski definition) is 10. The van der Waals surface area contributed by atoms with Crippen LogP contribution in [0.5, 0.6) is 11.5 Å². The highest BCUT2D eigenvalue weighted by atomic mass is 35.5. The Morgan fingerprint density at radius 1 is 0.915 bits per heavy atom. The van der Waals surface area contributed by atoms with Crippen LogP contribution >= 0.6 is 22.9 Å². The van der Waals surface area contributed by atoms with Crippen LogP contribution in [0, 0.1) is 36.0 Å². The fraction of sp³-hybridized carbons (Fsp3) is 0.356. The number of halogens is 1. The summed E-state index contributed by atoms with van der Waals surface area (Å²) >= 11 is 7.90. The number of nitrogens with zero attached hydrogens (tertiary/aromatic N) is 5. The molecule has 2 aliphatic carbocycles. The summed E-state index contributed by atoms with van der Waals surface area (Å²) in [5, 5.41) is 18.0. The van der Waals surface area contributed by atoms with Crippen LogP contribution in [0.3, 0.4) is 0 Å². The molecule has 0 unspecified atom stereocenters. The number of ether oxygens (including phenoxy) is 2. The molecule has 59 heavy (non-hydrogen) atoms. The maximum atomic E-state index is 15.2. The normalized spacial score (nSPS) is 26.7. The first-order valence-corrected chi connectivity index (χ1v) is 21.1. The number of amides is 4. The van der Waals surface area contributed by atoms with Gasteiger partial charge in [-0.15, -0.1) is 11.3 Å². The van der Waals surface area contributed by atoms with Crippen molar-refractivity contribution in [2.75, 3.05) is 48.1 Å². The molecule has 4 fully saturated rings. The van der Waals surface area contributed by atoms with Crippen LogP contribution in [0.2, 0.25) is 5.02 Å². The van der Waals surface area contributed by atoms with E-state index >= 15 is 9.59 Å². The topological polar surface area (TPSA) is 135 Å². The number of methoxy groups -OCH3 is 1. The molecule has 5 aromatic rings. The smallest absolute Gasteiger partial charge is 0.242 e. The Labute approximate surface area is 349 Å². The number of fused-ring (bicyclic) bond motifs is 5. The van der Waals surface area contributed by atoms with Crippen molar-refractivity contribution in [1.82, 2.24) is 9.78 Å². The Kier molecular flexibility index (Phi) is 8.82. The summed E-state index contributed by atoms with van der Waals surface area (Å²) in [5.74, 6) is -4.34. The number of aromatic hydroxyl groups is 1. The quantitative estimate of drug-likeness (QED) is 0.139. The van der Waals surface area contributed by atoms with Gasteiger partial charge in [-0.3, -0.25) is 28.8 Å². The molecule has 0 spiro atoms. The van der Waals surface area contributed by atoms with Gasteiger partial charge >= 0.3 is 0 Å². The van der Waals surface area contributed by atoms with Gasteiger partial charge in [-0.2, -0.15) is 5.10 Å². The van der Waals surface area contributed by atoms with Crippen LogP contribution < -0.4 is 19.4 Å². The number of hydrogen-bond donors (Lipinski definition) is 1. The Morgan fingerprint density at radius 2 is 1.66 bits per heavy atom. The number of aromatic nitrogens is 2. The molecular weight excluding hydrogens is 790 g/mol. The predicted octanol–water partition coefficient (Wildman–Crippen LogP) is 7.25. The minimum atomic E-state index is -1.37. The fourth-order valence-corrected chi connectivity index (χ4v) is 11.9. The molecule has 1 saturated carbocycles. The minimum absolute atomic E-state index is 0.0582. The zero-order valence-corrected chi connectivity index (χ0v) is 34.5. The average molecular weight is 832 g/mol. The molecule has 0 bridgehead atoms. The first-order valence-electron chi connectivity index (χ1n) is 19.9. The van der Waals surface area contributed by atoms with E-state index in [-0.39, 0.29) is 30.4 Å². The predicted molar refractivity (Wildman–Crippen MR) is 225 cm³/mol. The Bertz CT molecular complexity index is 2650. The van der Waals surface area contributed by atoms with Crippen LogP contribution in [-0.4, -0.2) is 71.9 Å². The third kappa shape index (κ3) is 5.54. The van der Waals surface area contributed by atoms with Gasteiger partial charge in [-0.25, -0.2) is 4.90 Å². The van der Waals surface area contributed by atoms with Crippen molar-refractivity contribution < 1.29 is 33.8 Å². The molecule has 302 valence electrons.